The van der Waals surface area contributed by atoms with Gasteiger partial charge in [0.25, 0.3) is 0 Å². The molecule has 0 spiro atoms. The van der Waals surface area contributed by atoms with Gasteiger partial charge in [-0.15, -0.1) is 0 Å². The molecule has 7 nitrogen and oxygen atoms in total. The maximum atomic E-state index is 12.5. The number of Topliss-reactive ketones (excluding diaryl/α,β-unsaturated/α-hetero) is 1. The van der Waals surface area contributed by atoms with Crippen LogP contribution in [0.2, 0.25) is 0 Å². The minimum absolute atomic E-state index is 0.0614. The van der Waals surface area contributed by atoms with E-state index in [-0.39, 0.29) is 17.8 Å². The highest BCUT2D eigenvalue weighted by atomic mass is 16.6. The highest BCUT2D eigenvalue weighted by Crippen LogP contribution is 2.24. The zero-order chi connectivity index (χ0) is 17.7. The molecule has 0 bridgehead atoms. The zero-order valence-electron chi connectivity index (χ0n) is 14.2. The summed E-state index contributed by atoms with van der Waals surface area (Å²) in [4.78, 5) is 28.9. The maximum Gasteiger partial charge on any atom is 0.410 e. The lowest BCUT2D eigenvalue weighted by molar-refractivity contribution is 0.0182. The predicted octanol–water partition coefficient (Wildman–Crippen LogP) is 4.46. The number of hydrogen-bond acceptors (Lipinski definition) is 4. The molecule has 0 aliphatic carbocycles. The molecule has 1 aromatic rings. The number of carbonyl (C=O) groups excluding carboxylic acids is 2. The maximum absolute atomic E-state index is 12.5. The van der Waals surface area contributed by atoms with Crippen LogP contribution in [0.1, 0.15) is 44.0 Å². The first kappa shape index (κ1) is 17.8. The molecule has 0 N–H and O–H groups in total. The van der Waals surface area contributed by atoms with Gasteiger partial charge >= 0.3 is 6.09 Å². The predicted molar refractivity (Wildman–Crippen MR) is 90.1 cm³/mol. The number of amides is 1. The van der Waals surface area contributed by atoms with Crippen molar-refractivity contribution in [1.29, 1.82) is 0 Å². The van der Waals surface area contributed by atoms with Crippen LogP contribution in [-0.4, -0.2) is 35.5 Å². The summed E-state index contributed by atoms with van der Waals surface area (Å²) >= 11 is 0. The molecule has 128 valence electrons. The second-order valence-corrected chi connectivity index (χ2v) is 6.84. The Kier molecular flexibility index (Phi) is 5.46. The largest absolute Gasteiger partial charge is 0.444 e. The quantitative estimate of drug-likeness (QED) is 0.354. The van der Waals surface area contributed by atoms with E-state index in [0.29, 0.717) is 37.2 Å². The van der Waals surface area contributed by atoms with Crippen LogP contribution < -0.4 is 0 Å². The van der Waals surface area contributed by atoms with Crippen LogP contribution in [0.25, 0.3) is 10.4 Å². The fraction of sp³-hybridized carbons (Fsp3) is 0.529. The van der Waals surface area contributed by atoms with Crippen molar-refractivity contribution in [2.24, 2.45) is 11.0 Å². The lowest BCUT2D eigenvalue weighted by Crippen LogP contribution is -2.43. The topological polar surface area (TPSA) is 95.4 Å². The van der Waals surface area contributed by atoms with Crippen molar-refractivity contribution in [3.05, 3.63) is 40.3 Å². The van der Waals surface area contributed by atoms with Crippen LogP contribution in [0, 0.1) is 5.92 Å². The van der Waals surface area contributed by atoms with E-state index in [2.05, 4.69) is 10.0 Å². The van der Waals surface area contributed by atoms with Crippen molar-refractivity contribution in [1.82, 2.24) is 4.90 Å². The number of nitrogens with zero attached hydrogens (tertiary/aromatic N) is 4. The molecule has 24 heavy (non-hydrogen) atoms. The van der Waals surface area contributed by atoms with Crippen LogP contribution >= 0.6 is 0 Å². The monoisotopic (exact) mass is 330 g/mol. The molecule has 7 heteroatoms. The molecule has 1 aliphatic heterocycles. The molecular weight excluding hydrogens is 308 g/mol. The Bertz CT molecular complexity index is 649. The first-order chi connectivity index (χ1) is 11.3. The third kappa shape index (κ3) is 4.73. The molecule has 1 fully saturated rings. The summed E-state index contributed by atoms with van der Waals surface area (Å²) in [6, 6.07) is 6.60. The number of rotatable bonds is 3. The Morgan fingerprint density at radius 3 is 2.29 bits per heavy atom. The summed E-state index contributed by atoms with van der Waals surface area (Å²) in [7, 11) is 0. The van der Waals surface area contributed by atoms with Crippen LogP contribution in [0.4, 0.5) is 10.5 Å². The molecule has 1 amide bonds. The van der Waals surface area contributed by atoms with Crippen LogP contribution in [0.15, 0.2) is 29.4 Å². The first-order valence-corrected chi connectivity index (χ1v) is 7.97. The molecule has 1 heterocycles. The van der Waals surface area contributed by atoms with Gasteiger partial charge in [-0.1, -0.05) is 29.4 Å². The Morgan fingerprint density at radius 1 is 1.21 bits per heavy atom. The van der Waals surface area contributed by atoms with Gasteiger partial charge in [0.1, 0.15) is 5.60 Å². The number of ketones is 1. The van der Waals surface area contributed by atoms with E-state index in [9.17, 15) is 9.59 Å². The number of ether oxygens (including phenoxy) is 1. The Morgan fingerprint density at radius 2 is 1.79 bits per heavy atom. The lowest BCUT2D eigenvalue weighted by Gasteiger charge is -2.33. The molecule has 2 rings (SSSR count). The van der Waals surface area contributed by atoms with Gasteiger partial charge in [0.05, 0.1) is 0 Å². The fourth-order valence-corrected chi connectivity index (χ4v) is 2.63. The van der Waals surface area contributed by atoms with Crippen LogP contribution in [0.3, 0.4) is 0 Å². The minimum Gasteiger partial charge on any atom is -0.444 e. The van der Waals surface area contributed by atoms with Gasteiger partial charge in [0.15, 0.2) is 5.78 Å². The number of carbonyl (C=O) groups is 2. The molecule has 0 unspecified atom stereocenters. The second kappa shape index (κ2) is 7.36. The van der Waals surface area contributed by atoms with Crippen molar-refractivity contribution in [3.8, 4) is 0 Å². The van der Waals surface area contributed by atoms with Crippen LogP contribution in [0.5, 0.6) is 0 Å². The highest BCUT2D eigenvalue weighted by Gasteiger charge is 2.30. The van der Waals surface area contributed by atoms with Gasteiger partial charge in [-0.2, -0.15) is 0 Å². The van der Waals surface area contributed by atoms with E-state index in [1.54, 1.807) is 29.2 Å². The molecule has 1 aliphatic rings. The van der Waals surface area contributed by atoms with Crippen molar-refractivity contribution in [2.75, 3.05) is 13.1 Å². The van der Waals surface area contributed by atoms with Crippen molar-refractivity contribution in [3.63, 3.8) is 0 Å². The standard InChI is InChI=1S/C17H22N4O3/c1-17(2,3)24-16(23)21-10-8-13(9-11-21)15(22)12-4-6-14(7-5-12)19-20-18/h4-7,13H,8-11H2,1-3H3. The molecule has 1 saturated heterocycles. The molecular formula is C17H22N4O3. The summed E-state index contributed by atoms with van der Waals surface area (Å²) in [5.41, 5.74) is 8.95. The molecule has 0 aromatic heterocycles. The average molecular weight is 330 g/mol. The molecule has 0 radical (unpaired) electrons. The van der Waals surface area contributed by atoms with Gasteiger partial charge in [0, 0.05) is 35.2 Å². The fourth-order valence-electron chi connectivity index (χ4n) is 2.63. The normalized spacial score (nSPS) is 15.5. The number of piperidine rings is 1. The molecule has 0 saturated carbocycles. The Balaban J connectivity index is 1.93. The average Bonchev–Trinajstić information content (AvgIpc) is 2.54. The van der Waals surface area contributed by atoms with Gasteiger partial charge in [-0.05, 0) is 39.1 Å². The van der Waals surface area contributed by atoms with E-state index in [1.165, 1.54) is 0 Å². The smallest absolute Gasteiger partial charge is 0.410 e. The van der Waals surface area contributed by atoms with Gasteiger partial charge in [0.2, 0.25) is 0 Å². The van der Waals surface area contributed by atoms with Gasteiger partial charge in [-0.25, -0.2) is 4.79 Å². The van der Waals surface area contributed by atoms with Gasteiger partial charge < -0.3 is 9.64 Å². The number of azide groups is 1. The van der Waals surface area contributed by atoms with E-state index < -0.39 is 5.60 Å². The SMILES string of the molecule is CC(C)(C)OC(=O)N1CCC(C(=O)c2ccc(N=[N+]=[N-])cc2)CC1. The summed E-state index contributed by atoms with van der Waals surface area (Å²) in [5.74, 6) is -0.0414. The van der Waals surface area contributed by atoms with E-state index in [1.807, 2.05) is 20.8 Å². The van der Waals surface area contributed by atoms with E-state index >= 15 is 0 Å². The lowest BCUT2D eigenvalue weighted by atomic mass is 9.89. The minimum atomic E-state index is -0.516. The van der Waals surface area contributed by atoms with E-state index in [4.69, 9.17) is 10.3 Å². The summed E-state index contributed by atoms with van der Waals surface area (Å²) in [5, 5.41) is 3.49. The Labute approximate surface area is 141 Å². The highest BCUT2D eigenvalue weighted by molar-refractivity contribution is 5.98. The first-order valence-electron chi connectivity index (χ1n) is 7.97. The zero-order valence-corrected chi connectivity index (χ0v) is 14.2. The second-order valence-electron chi connectivity index (χ2n) is 6.84. The number of benzene rings is 1. The number of hydrogen-bond donors (Lipinski definition) is 0. The van der Waals surface area contributed by atoms with Gasteiger partial charge in [-0.3, -0.25) is 4.79 Å². The molecule has 1 aromatic carbocycles. The number of likely N-dealkylation sites (tertiary alicyclic amines) is 1. The van der Waals surface area contributed by atoms with Crippen LogP contribution in [-0.2, 0) is 4.74 Å². The van der Waals surface area contributed by atoms with Crippen molar-refractivity contribution in [2.45, 2.75) is 39.2 Å². The van der Waals surface area contributed by atoms with E-state index in [0.717, 1.165) is 0 Å². The third-order valence-electron chi connectivity index (χ3n) is 3.83. The third-order valence-corrected chi connectivity index (χ3v) is 3.83. The van der Waals surface area contributed by atoms with Crippen molar-refractivity contribution >= 4 is 17.6 Å². The summed E-state index contributed by atoms with van der Waals surface area (Å²) < 4.78 is 5.36. The van der Waals surface area contributed by atoms with Crippen molar-refractivity contribution < 1.29 is 14.3 Å². The molecule has 0 atom stereocenters. The summed E-state index contributed by atoms with van der Waals surface area (Å²) in [6.07, 6.45) is 0.916. The Hall–Kier alpha value is -2.53. The summed E-state index contributed by atoms with van der Waals surface area (Å²) in [6.45, 7) is 6.54.